The van der Waals surface area contributed by atoms with E-state index >= 15 is 0 Å². The molecule has 0 saturated heterocycles. The molecule has 0 saturated carbocycles. The molecule has 1 aromatic heterocycles. The first kappa shape index (κ1) is 21.9. The number of benzene rings is 1. The molecule has 0 aliphatic carbocycles. The van der Waals surface area contributed by atoms with Crippen LogP contribution in [0.2, 0.25) is 0 Å². The third kappa shape index (κ3) is 4.50. The van der Waals surface area contributed by atoms with Crippen molar-refractivity contribution in [2.75, 3.05) is 11.9 Å². The molecule has 3 rings (SSSR count). The minimum atomic E-state index is -0.563. The number of anilines is 1. The lowest BCUT2D eigenvalue weighted by molar-refractivity contribution is 0.0222. The molecule has 1 aliphatic rings. The van der Waals surface area contributed by atoms with Crippen LogP contribution in [0.4, 0.5) is 10.5 Å². The number of hydrogen-bond donors (Lipinski definition) is 1. The minimum Gasteiger partial charge on any atom is -0.444 e. The molecule has 162 valence electrons. The maximum atomic E-state index is 13.2. The first-order chi connectivity index (χ1) is 14.1. The van der Waals surface area contributed by atoms with Crippen molar-refractivity contribution in [1.82, 2.24) is 14.7 Å². The van der Waals surface area contributed by atoms with Gasteiger partial charge in [0.05, 0.1) is 6.54 Å². The molecule has 2 amide bonds. The lowest BCUT2D eigenvalue weighted by Crippen LogP contribution is -2.40. The Balaban J connectivity index is 1.88. The number of rotatable bonds is 4. The van der Waals surface area contributed by atoms with Gasteiger partial charge in [-0.15, -0.1) is 0 Å². The molecule has 2 aromatic rings. The second-order valence-electron chi connectivity index (χ2n) is 8.66. The van der Waals surface area contributed by atoms with Crippen molar-refractivity contribution in [3.63, 3.8) is 0 Å². The molecule has 1 N–H and O–H groups in total. The Morgan fingerprint density at radius 3 is 2.37 bits per heavy atom. The van der Waals surface area contributed by atoms with Crippen molar-refractivity contribution in [1.29, 1.82) is 0 Å². The summed E-state index contributed by atoms with van der Waals surface area (Å²) in [7, 11) is 1.84. The van der Waals surface area contributed by atoms with Crippen LogP contribution in [0, 0.1) is 0 Å². The third-order valence-electron chi connectivity index (χ3n) is 5.35. The van der Waals surface area contributed by atoms with E-state index in [1.165, 1.54) is 0 Å². The lowest BCUT2D eigenvalue weighted by atomic mass is 10.0. The molecular formula is C23H32N4O3. The van der Waals surface area contributed by atoms with E-state index in [9.17, 15) is 9.59 Å². The topological polar surface area (TPSA) is 76.5 Å². The highest BCUT2D eigenvalue weighted by Gasteiger charge is 2.31. The average Bonchev–Trinajstić information content (AvgIpc) is 3.03. The molecule has 2 heterocycles. The van der Waals surface area contributed by atoms with Crippen LogP contribution in [0.1, 0.15) is 67.5 Å². The molecule has 0 bridgehead atoms. The number of aromatic nitrogens is 2. The number of carbonyl (C=O) groups excluding carboxylic acids is 2. The van der Waals surface area contributed by atoms with Crippen molar-refractivity contribution >= 4 is 17.7 Å². The molecule has 1 aliphatic heterocycles. The van der Waals surface area contributed by atoms with Gasteiger partial charge in [0, 0.05) is 37.0 Å². The summed E-state index contributed by atoms with van der Waals surface area (Å²) in [6.45, 7) is 10.6. The van der Waals surface area contributed by atoms with Crippen LogP contribution < -0.4 is 5.32 Å². The second kappa shape index (κ2) is 8.50. The Morgan fingerprint density at radius 1 is 1.17 bits per heavy atom. The van der Waals surface area contributed by atoms with E-state index < -0.39 is 5.60 Å². The molecule has 0 spiro atoms. The van der Waals surface area contributed by atoms with Gasteiger partial charge < -0.3 is 15.0 Å². The Hall–Kier alpha value is -2.83. The van der Waals surface area contributed by atoms with Crippen LogP contribution in [-0.4, -0.2) is 38.8 Å². The van der Waals surface area contributed by atoms with Crippen LogP contribution in [0.15, 0.2) is 18.2 Å². The maximum Gasteiger partial charge on any atom is 0.410 e. The number of fused-ring (bicyclic) bond motifs is 1. The van der Waals surface area contributed by atoms with Gasteiger partial charge in [-0.2, -0.15) is 5.10 Å². The first-order valence-electron chi connectivity index (χ1n) is 10.6. The molecule has 30 heavy (non-hydrogen) atoms. The van der Waals surface area contributed by atoms with Crippen molar-refractivity contribution < 1.29 is 14.3 Å². The summed E-state index contributed by atoms with van der Waals surface area (Å²) in [6.07, 6.45) is 1.93. The van der Waals surface area contributed by atoms with Crippen LogP contribution in [-0.2, 0) is 37.6 Å². The predicted octanol–water partition coefficient (Wildman–Crippen LogP) is 4.09. The number of para-hydroxylation sites is 1. The summed E-state index contributed by atoms with van der Waals surface area (Å²) < 4.78 is 7.27. The molecule has 0 fully saturated rings. The van der Waals surface area contributed by atoms with Crippen molar-refractivity contribution in [2.45, 2.75) is 66.0 Å². The van der Waals surface area contributed by atoms with Crippen molar-refractivity contribution in [3.8, 4) is 0 Å². The molecule has 0 radical (unpaired) electrons. The molecular weight excluding hydrogens is 380 g/mol. The van der Waals surface area contributed by atoms with Crippen LogP contribution in [0.25, 0.3) is 0 Å². The fraction of sp³-hybridized carbons (Fsp3) is 0.522. The summed E-state index contributed by atoms with van der Waals surface area (Å²) in [4.78, 5) is 27.4. The highest BCUT2D eigenvalue weighted by molar-refractivity contribution is 6.05. The number of hydrogen-bond acceptors (Lipinski definition) is 4. The Bertz CT molecular complexity index is 934. The van der Waals surface area contributed by atoms with E-state index in [0.29, 0.717) is 25.2 Å². The normalized spacial score (nSPS) is 13.7. The minimum absolute atomic E-state index is 0.242. The van der Waals surface area contributed by atoms with Crippen molar-refractivity contribution in [3.05, 3.63) is 46.3 Å². The maximum absolute atomic E-state index is 13.2. The van der Waals surface area contributed by atoms with Crippen LogP contribution in [0.5, 0.6) is 0 Å². The summed E-state index contributed by atoms with van der Waals surface area (Å²) in [5.41, 5.74) is 4.65. The molecule has 7 nitrogen and oxygen atoms in total. The highest BCUT2D eigenvalue weighted by Crippen LogP contribution is 2.27. The predicted molar refractivity (Wildman–Crippen MR) is 117 cm³/mol. The van der Waals surface area contributed by atoms with Gasteiger partial charge in [0.1, 0.15) is 5.60 Å². The fourth-order valence-electron chi connectivity index (χ4n) is 3.83. The smallest absolute Gasteiger partial charge is 0.410 e. The number of nitrogens with zero attached hydrogens (tertiary/aromatic N) is 3. The second-order valence-corrected chi connectivity index (χ2v) is 8.66. The highest BCUT2D eigenvalue weighted by atomic mass is 16.6. The van der Waals surface area contributed by atoms with Gasteiger partial charge in [0.15, 0.2) is 5.69 Å². The standard InChI is InChI=1S/C23H32N4O3/c1-7-15-10-9-11-16(8-2)19(15)24-21(28)20-17-14-27(22(29)30-23(3,4)5)13-12-18(17)26(6)25-20/h9-11H,7-8,12-14H2,1-6H3,(H,24,28). The number of carbonyl (C=O) groups is 2. The SMILES string of the molecule is CCc1cccc(CC)c1NC(=O)c1nn(C)c2c1CN(C(=O)OC(C)(C)C)CC2. The number of ether oxygens (including phenoxy) is 1. The Labute approximate surface area is 178 Å². The monoisotopic (exact) mass is 412 g/mol. The zero-order valence-electron chi connectivity index (χ0n) is 18.8. The van der Waals surface area contributed by atoms with Gasteiger partial charge in [-0.3, -0.25) is 9.48 Å². The summed E-state index contributed by atoms with van der Waals surface area (Å²) in [5.74, 6) is -0.242. The number of nitrogens with one attached hydrogen (secondary N) is 1. The first-order valence-corrected chi connectivity index (χ1v) is 10.6. The zero-order valence-corrected chi connectivity index (χ0v) is 18.8. The fourth-order valence-corrected chi connectivity index (χ4v) is 3.83. The van der Waals surface area contributed by atoms with Gasteiger partial charge in [-0.25, -0.2) is 4.79 Å². The van der Waals surface area contributed by atoms with E-state index in [-0.39, 0.29) is 12.0 Å². The molecule has 0 unspecified atom stereocenters. The summed E-state index contributed by atoms with van der Waals surface area (Å²) in [6, 6.07) is 6.09. The Morgan fingerprint density at radius 2 is 1.80 bits per heavy atom. The summed E-state index contributed by atoms with van der Waals surface area (Å²) >= 11 is 0. The van der Waals surface area contributed by atoms with Gasteiger partial charge in [-0.1, -0.05) is 32.0 Å². The largest absolute Gasteiger partial charge is 0.444 e. The Kier molecular flexibility index (Phi) is 6.19. The average molecular weight is 413 g/mol. The van der Waals surface area contributed by atoms with E-state index in [1.54, 1.807) is 9.58 Å². The quantitative estimate of drug-likeness (QED) is 0.821. The van der Waals surface area contributed by atoms with E-state index in [4.69, 9.17) is 4.74 Å². The van der Waals surface area contributed by atoms with Crippen LogP contribution >= 0.6 is 0 Å². The van der Waals surface area contributed by atoms with Crippen LogP contribution in [0.3, 0.4) is 0 Å². The van der Waals surface area contributed by atoms with Crippen molar-refractivity contribution in [2.24, 2.45) is 7.05 Å². The molecule has 0 atom stereocenters. The zero-order chi connectivity index (χ0) is 22.1. The molecule has 1 aromatic carbocycles. The van der Waals surface area contributed by atoms with Gasteiger partial charge in [-0.05, 0) is 44.7 Å². The summed E-state index contributed by atoms with van der Waals surface area (Å²) in [5, 5.41) is 7.59. The van der Waals surface area contributed by atoms with E-state index in [1.807, 2.05) is 46.0 Å². The van der Waals surface area contributed by atoms with Gasteiger partial charge in [0.2, 0.25) is 0 Å². The van der Waals surface area contributed by atoms with Gasteiger partial charge >= 0.3 is 6.09 Å². The van der Waals surface area contributed by atoms with E-state index in [2.05, 4.69) is 24.3 Å². The van der Waals surface area contributed by atoms with E-state index in [0.717, 1.165) is 40.9 Å². The van der Waals surface area contributed by atoms with Gasteiger partial charge in [0.25, 0.3) is 5.91 Å². The lowest BCUT2D eigenvalue weighted by Gasteiger charge is -2.30. The third-order valence-corrected chi connectivity index (χ3v) is 5.35. The molecule has 7 heteroatoms. The number of aryl methyl sites for hydroxylation is 3. The number of amides is 2.